The van der Waals surface area contributed by atoms with Crippen LogP contribution in [-0.4, -0.2) is 18.1 Å². The van der Waals surface area contributed by atoms with Gasteiger partial charge < -0.3 is 15.2 Å². The number of benzene rings is 2. The van der Waals surface area contributed by atoms with E-state index in [1.807, 2.05) is 30.3 Å². The molecular weight excluding hydrogens is 242 g/mol. The molecule has 1 amide bonds. The van der Waals surface area contributed by atoms with Crippen molar-refractivity contribution >= 4 is 11.6 Å². The molecule has 4 heteroatoms. The molecule has 2 rings (SSSR count). The van der Waals surface area contributed by atoms with E-state index >= 15 is 0 Å². The summed E-state index contributed by atoms with van der Waals surface area (Å²) in [5.41, 5.74) is 1.54. The summed E-state index contributed by atoms with van der Waals surface area (Å²) in [6, 6.07) is 14.1. The van der Waals surface area contributed by atoms with Gasteiger partial charge in [-0.05, 0) is 29.8 Å². The molecule has 0 bridgehead atoms. The number of phenols is 1. The number of anilines is 1. The number of carbonyl (C=O) groups excluding carboxylic acids is 1. The summed E-state index contributed by atoms with van der Waals surface area (Å²) in [7, 11) is 1.48. The van der Waals surface area contributed by atoms with Gasteiger partial charge in [-0.3, -0.25) is 4.79 Å². The molecule has 0 saturated heterocycles. The fourth-order valence-corrected chi connectivity index (χ4v) is 1.74. The zero-order valence-electron chi connectivity index (χ0n) is 10.6. The van der Waals surface area contributed by atoms with E-state index in [9.17, 15) is 9.90 Å². The highest BCUT2D eigenvalue weighted by Gasteiger charge is 2.07. The Morgan fingerprint density at radius 2 is 1.95 bits per heavy atom. The molecular formula is C15H15NO3. The molecule has 0 fully saturated rings. The second-order valence-electron chi connectivity index (χ2n) is 4.10. The maximum Gasteiger partial charge on any atom is 0.228 e. The van der Waals surface area contributed by atoms with Crippen LogP contribution in [0.4, 0.5) is 5.69 Å². The molecule has 0 saturated carbocycles. The minimum atomic E-state index is -0.112. The summed E-state index contributed by atoms with van der Waals surface area (Å²) in [4.78, 5) is 11.9. The highest BCUT2D eigenvalue weighted by atomic mass is 16.5. The fraction of sp³-hybridized carbons (Fsp3) is 0.133. The van der Waals surface area contributed by atoms with E-state index < -0.39 is 0 Å². The van der Waals surface area contributed by atoms with Crippen LogP contribution in [0.15, 0.2) is 48.5 Å². The average molecular weight is 257 g/mol. The summed E-state index contributed by atoms with van der Waals surface area (Å²) in [6.45, 7) is 0. The van der Waals surface area contributed by atoms with E-state index in [-0.39, 0.29) is 18.1 Å². The molecule has 0 aliphatic carbocycles. The smallest absolute Gasteiger partial charge is 0.228 e. The minimum absolute atomic E-state index is 0.0646. The Kier molecular flexibility index (Phi) is 4.03. The number of phenolic OH excluding ortho intramolecular Hbond substituents is 1. The Morgan fingerprint density at radius 3 is 2.63 bits per heavy atom. The molecule has 2 aromatic carbocycles. The number of nitrogens with one attached hydrogen (secondary N) is 1. The number of hydrogen-bond donors (Lipinski definition) is 2. The molecule has 0 aliphatic heterocycles. The van der Waals surface area contributed by atoms with E-state index in [4.69, 9.17) is 4.74 Å². The van der Waals surface area contributed by atoms with Crippen molar-refractivity contribution in [3.8, 4) is 11.5 Å². The third-order valence-electron chi connectivity index (χ3n) is 2.67. The predicted molar refractivity (Wildman–Crippen MR) is 73.4 cm³/mol. The Morgan fingerprint density at radius 1 is 1.21 bits per heavy atom. The van der Waals surface area contributed by atoms with Gasteiger partial charge in [-0.25, -0.2) is 0 Å². The maximum absolute atomic E-state index is 11.9. The van der Waals surface area contributed by atoms with Crippen LogP contribution in [0.5, 0.6) is 11.5 Å². The normalized spacial score (nSPS) is 9.95. The van der Waals surface area contributed by atoms with Gasteiger partial charge in [0.2, 0.25) is 5.91 Å². The number of amides is 1. The molecule has 98 valence electrons. The summed E-state index contributed by atoms with van der Waals surface area (Å²) < 4.78 is 5.00. The van der Waals surface area contributed by atoms with Gasteiger partial charge in [0.25, 0.3) is 0 Å². The number of rotatable bonds is 4. The van der Waals surface area contributed by atoms with Crippen molar-refractivity contribution in [2.45, 2.75) is 6.42 Å². The van der Waals surface area contributed by atoms with Crippen LogP contribution < -0.4 is 10.1 Å². The molecule has 0 aliphatic rings. The molecule has 0 atom stereocenters. The van der Waals surface area contributed by atoms with Crippen molar-refractivity contribution in [2.75, 3.05) is 12.4 Å². The van der Waals surface area contributed by atoms with Crippen molar-refractivity contribution in [3.05, 3.63) is 54.1 Å². The Hall–Kier alpha value is -2.49. The van der Waals surface area contributed by atoms with Crippen molar-refractivity contribution in [3.63, 3.8) is 0 Å². The molecule has 0 spiro atoms. The Bertz CT molecular complexity index is 567. The van der Waals surface area contributed by atoms with Crippen LogP contribution in [0.1, 0.15) is 5.56 Å². The summed E-state index contributed by atoms with van der Waals surface area (Å²) in [6.07, 6.45) is 0.228. The first-order chi connectivity index (χ1) is 9.19. The standard InChI is InChI=1S/C15H15NO3/c1-19-14-9-11(7-8-13(14)17)10-15(18)16-12-5-3-2-4-6-12/h2-9,17H,10H2,1H3,(H,16,18). The molecule has 0 aromatic heterocycles. The number of methoxy groups -OCH3 is 1. The van der Waals surface area contributed by atoms with E-state index in [0.29, 0.717) is 5.75 Å². The van der Waals surface area contributed by atoms with Crippen LogP contribution in [-0.2, 0) is 11.2 Å². The lowest BCUT2D eigenvalue weighted by atomic mass is 10.1. The monoisotopic (exact) mass is 257 g/mol. The predicted octanol–water partition coefficient (Wildman–Crippen LogP) is 2.58. The number of para-hydroxylation sites is 1. The van der Waals surface area contributed by atoms with Gasteiger partial charge in [0, 0.05) is 5.69 Å². The first-order valence-corrected chi connectivity index (χ1v) is 5.90. The third-order valence-corrected chi connectivity index (χ3v) is 2.67. The van der Waals surface area contributed by atoms with Crippen LogP contribution in [0.3, 0.4) is 0 Å². The lowest BCUT2D eigenvalue weighted by Gasteiger charge is -2.07. The second kappa shape index (κ2) is 5.91. The van der Waals surface area contributed by atoms with Gasteiger partial charge >= 0.3 is 0 Å². The molecule has 0 radical (unpaired) electrons. The van der Waals surface area contributed by atoms with Crippen LogP contribution >= 0.6 is 0 Å². The average Bonchev–Trinajstić information content (AvgIpc) is 2.42. The van der Waals surface area contributed by atoms with E-state index in [0.717, 1.165) is 11.3 Å². The van der Waals surface area contributed by atoms with E-state index in [1.165, 1.54) is 13.2 Å². The lowest BCUT2D eigenvalue weighted by molar-refractivity contribution is -0.115. The summed E-state index contributed by atoms with van der Waals surface area (Å²) in [5.74, 6) is 0.318. The van der Waals surface area contributed by atoms with Gasteiger partial charge in [0.05, 0.1) is 13.5 Å². The van der Waals surface area contributed by atoms with Gasteiger partial charge in [-0.2, -0.15) is 0 Å². The highest BCUT2D eigenvalue weighted by Crippen LogP contribution is 2.26. The first-order valence-electron chi connectivity index (χ1n) is 5.90. The van der Waals surface area contributed by atoms with Crippen molar-refractivity contribution in [1.29, 1.82) is 0 Å². The van der Waals surface area contributed by atoms with Gasteiger partial charge in [0.15, 0.2) is 11.5 Å². The Labute approximate surface area is 111 Å². The van der Waals surface area contributed by atoms with Crippen molar-refractivity contribution in [2.24, 2.45) is 0 Å². The second-order valence-corrected chi connectivity index (χ2v) is 4.10. The van der Waals surface area contributed by atoms with Gasteiger partial charge in [0.1, 0.15) is 0 Å². The van der Waals surface area contributed by atoms with E-state index in [1.54, 1.807) is 12.1 Å². The number of aromatic hydroxyl groups is 1. The van der Waals surface area contributed by atoms with Crippen molar-refractivity contribution in [1.82, 2.24) is 0 Å². The third kappa shape index (κ3) is 3.48. The van der Waals surface area contributed by atoms with E-state index in [2.05, 4.69) is 5.32 Å². The van der Waals surface area contributed by atoms with Crippen LogP contribution in [0, 0.1) is 0 Å². The largest absolute Gasteiger partial charge is 0.504 e. The summed E-state index contributed by atoms with van der Waals surface area (Å²) >= 11 is 0. The highest BCUT2D eigenvalue weighted by molar-refractivity contribution is 5.92. The van der Waals surface area contributed by atoms with Crippen LogP contribution in [0.2, 0.25) is 0 Å². The fourth-order valence-electron chi connectivity index (χ4n) is 1.74. The molecule has 4 nitrogen and oxygen atoms in total. The first kappa shape index (κ1) is 13.0. The Balaban J connectivity index is 2.03. The number of carbonyl (C=O) groups is 1. The van der Waals surface area contributed by atoms with Gasteiger partial charge in [-0.1, -0.05) is 24.3 Å². The quantitative estimate of drug-likeness (QED) is 0.885. The number of ether oxygens (including phenoxy) is 1. The van der Waals surface area contributed by atoms with Crippen LogP contribution in [0.25, 0.3) is 0 Å². The number of hydrogen-bond acceptors (Lipinski definition) is 3. The molecule has 2 aromatic rings. The molecule has 2 N–H and O–H groups in total. The zero-order chi connectivity index (χ0) is 13.7. The van der Waals surface area contributed by atoms with Gasteiger partial charge in [-0.15, -0.1) is 0 Å². The lowest BCUT2D eigenvalue weighted by Crippen LogP contribution is -2.14. The maximum atomic E-state index is 11.9. The SMILES string of the molecule is COc1cc(CC(=O)Nc2ccccc2)ccc1O. The molecule has 19 heavy (non-hydrogen) atoms. The van der Waals surface area contributed by atoms with Crippen molar-refractivity contribution < 1.29 is 14.6 Å². The topological polar surface area (TPSA) is 58.6 Å². The molecule has 0 unspecified atom stereocenters. The zero-order valence-corrected chi connectivity index (χ0v) is 10.6. The summed E-state index contributed by atoms with van der Waals surface area (Å²) in [5, 5.41) is 12.3. The minimum Gasteiger partial charge on any atom is -0.504 e. The molecule has 0 heterocycles.